The monoisotopic (exact) mass is 277 g/mol. The Morgan fingerprint density at radius 1 is 1.17 bits per heavy atom. The fraction of sp³-hybridized carbons (Fsp3) is 0.400. The van der Waals surface area contributed by atoms with Crippen molar-refractivity contribution in [3.8, 4) is 0 Å². The van der Waals surface area contributed by atoms with Crippen LogP contribution >= 0.6 is 0 Å². The molecule has 0 heterocycles. The quantitative estimate of drug-likeness (QED) is 0.479. The Balaban J connectivity index is 0.000000494. The first-order valence-corrected chi connectivity index (χ1v) is 6.68. The average molecular weight is 277 g/mol. The van der Waals surface area contributed by atoms with Gasteiger partial charge in [-0.15, -0.1) is 0 Å². The maximum atomic E-state index is 8.74. The Morgan fingerprint density at radius 2 is 1.61 bits per heavy atom. The van der Waals surface area contributed by atoms with Gasteiger partial charge in [0.1, 0.15) is 0 Å². The van der Waals surface area contributed by atoms with Gasteiger partial charge in [-0.3, -0.25) is 9.11 Å². The Labute approximate surface area is 107 Å². The van der Waals surface area contributed by atoms with Gasteiger partial charge in [0.05, 0.1) is 11.4 Å². The van der Waals surface area contributed by atoms with Gasteiger partial charge in [-0.25, -0.2) is 0 Å². The molecule has 0 fully saturated rings. The second-order valence-corrected chi connectivity index (χ2v) is 4.33. The smallest absolute Gasteiger partial charge is 0.394 e. The van der Waals surface area contributed by atoms with Crippen LogP contribution < -0.4 is 16.4 Å². The summed E-state index contributed by atoms with van der Waals surface area (Å²) in [5.74, 6) is 0. The molecule has 1 aromatic rings. The van der Waals surface area contributed by atoms with Gasteiger partial charge in [-0.1, -0.05) is 0 Å². The molecule has 7 nitrogen and oxygen atoms in total. The van der Waals surface area contributed by atoms with Crippen LogP contribution in [0.25, 0.3) is 0 Å². The van der Waals surface area contributed by atoms with Gasteiger partial charge < -0.3 is 16.4 Å². The summed E-state index contributed by atoms with van der Waals surface area (Å²) in [5.41, 5.74) is 14.0. The highest BCUT2D eigenvalue weighted by Gasteiger charge is 2.05. The van der Waals surface area contributed by atoms with Crippen molar-refractivity contribution in [1.29, 1.82) is 0 Å². The molecule has 8 heteroatoms. The van der Waals surface area contributed by atoms with Gasteiger partial charge in [-0.05, 0) is 32.0 Å². The molecule has 0 amide bonds. The van der Waals surface area contributed by atoms with Gasteiger partial charge in [-0.2, -0.15) is 8.42 Å². The fourth-order valence-corrected chi connectivity index (χ4v) is 1.43. The number of anilines is 3. The van der Waals surface area contributed by atoms with Crippen molar-refractivity contribution in [1.82, 2.24) is 0 Å². The minimum absolute atomic E-state index is 0.716. The summed E-state index contributed by atoms with van der Waals surface area (Å²) in [7, 11) is -4.67. The van der Waals surface area contributed by atoms with Crippen LogP contribution in [-0.2, 0) is 10.4 Å². The maximum Gasteiger partial charge on any atom is 0.394 e. The van der Waals surface area contributed by atoms with Crippen LogP contribution in [0, 0.1) is 0 Å². The van der Waals surface area contributed by atoms with Crippen molar-refractivity contribution in [3.63, 3.8) is 0 Å². The lowest BCUT2D eigenvalue weighted by atomic mass is 10.2. The lowest BCUT2D eigenvalue weighted by Crippen LogP contribution is -2.22. The molecule has 104 valence electrons. The third-order valence-corrected chi connectivity index (χ3v) is 2.16. The van der Waals surface area contributed by atoms with E-state index in [1.165, 1.54) is 0 Å². The number of nitrogens with two attached hydrogens (primary N) is 2. The molecule has 1 rings (SSSR count). The van der Waals surface area contributed by atoms with E-state index in [9.17, 15) is 0 Å². The standard InChI is InChI=1S/C10H17N3.H2O4S/c1-3-13(4-2)10-6-5-8(11)7-9(10)12;1-5(2,3)4/h5-7H,3-4,11-12H2,1-2H3;(H2,1,2,3,4). The predicted octanol–water partition coefficient (Wildman–Crippen LogP) is 1.04. The topological polar surface area (TPSA) is 130 Å². The van der Waals surface area contributed by atoms with Crippen LogP contribution in [0.1, 0.15) is 13.8 Å². The van der Waals surface area contributed by atoms with Crippen LogP contribution in [0.5, 0.6) is 0 Å². The minimum Gasteiger partial charge on any atom is -0.399 e. The van der Waals surface area contributed by atoms with E-state index in [1.807, 2.05) is 12.1 Å². The van der Waals surface area contributed by atoms with Crippen LogP contribution in [-0.4, -0.2) is 30.6 Å². The summed E-state index contributed by atoms with van der Waals surface area (Å²) < 4.78 is 31.6. The highest BCUT2D eigenvalue weighted by Crippen LogP contribution is 2.24. The molecule has 1 aromatic carbocycles. The van der Waals surface area contributed by atoms with Crippen molar-refractivity contribution >= 4 is 27.5 Å². The molecule has 0 aromatic heterocycles. The molecule has 6 N–H and O–H groups in total. The van der Waals surface area contributed by atoms with Crippen LogP contribution in [0.3, 0.4) is 0 Å². The Bertz CT molecular complexity index is 464. The summed E-state index contributed by atoms with van der Waals surface area (Å²) >= 11 is 0. The zero-order chi connectivity index (χ0) is 14.3. The van der Waals surface area contributed by atoms with E-state index in [1.54, 1.807) is 6.07 Å². The lowest BCUT2D eigenvalue weighted by Gasteiger charge is -2.22. The largest absolute Gasteiger partial charge is 0.399 e. The van der Waals surface area contributed by atoms with Crippen molar-refractivity contribution in [2.75, 3.05) is 29.5 Å². The summed E-state index contributed by atoms with van der Waals surface area (Å²) in [4.78, 5) is 2.20. The Hall–Kier alpha value is -1.51. The van der Waals surface area contributed by atoms with Gasteiger partial charge >= 0.3 is 10.4 Å². The van der Waals surface area contributed by atoms with Gasteiger partial charge in [0.2, 0.25) is 0 Å². The molecule has 0 atom stereocenters. The van der Waals surface area contributed by atoms with Crippen molar-refractivity contribution in [2.24, 2.45) is 0 Å². The molecular weight excluding hydrogens is 258 g/mol. The summed E-state index contributed by atoms with van der Waals surface area (Å²) in [6, 6.07) is 5.65. The summed E-state index contributed by atoms with van der Waals surface area (Å²) in [6.45, 7) is 6.15. The van der Waals surface area contributed by atoms with E-state index in [2.05, 4.69) is 18.7 Å². The van der Waals surface area contributed by atoms with Crippen molar-refractivity contribution in [2.45, 2.75) is 13.8 Å². The molecule has 0 spiro atoms. The second kappa shape index (κ2) is 7.04. The van der Waals surface area contributed by atoms with E-state index in [0.29, 0.717) is 5.69 Å². The second-order valence-electron chi connectivity index (χ2n) is 3.44. The Morgan fingerprint density at radius 3 is 1.94 bits per heavy atom. The van der Waals surface area contributed by atoms with E-state index >= 15 is 0 Å². The number of nitrogens with zero attached hydrogens (tertiary/aromatic N) is 1. The normalized spacial score (nSPS) is 10.4. The zero-order valence-electron chi connectivity index (χ0n) is 10.4. The third kappa shape index (κ3) is 6.94. The first kappa shape index (κ1) is 16.5. The van der Waals surface area contributed by atoms with E-state index in [-0.39, 0.29) is 0 Å². The fourth-order valence-electron chi connectivity index (χ4n) is 1.43. The summed E-state index contributed by atoms with van der Waals surface area (Å²) in [6.07, 6.45) is 0. The SMILES string of the molecule is CCN(CC)c1ccc(N)cc1N.O=S(=O)(O)O. The molecule has 0 radical (unpaired) electrons. The number of benzene rings is 1. The molecule has 0 unspecified atom stereocenters. The number of nitrogen functional groups attached to an aromatic ring is 2. The van der Waals surface area contributed by atoms with E-state index < -0.39 is 10.4 Å². The molecule has 18 heavy (non-hydrogen) atoms. The first-order chi connectivity index (χ1) is 8.19. The first-order valence-electron chi connectivity index (χ1n) is 5.28. The molecule has 0 bridgehead atoms. The predicted molar refractivity (Wildman–Crippen MR) is 73.0 cm³/mol. The number of hydrogen-bond donors (Lipinski definition) is 4. The number of rotatable bonds is 3. The molecule has 0 saturated heterocycles. The van der Waals surface area contributed by atoms with E-state index in [0.717, 1.165) is 24.5 Å². The average Bonchev–Trinajstić information content (AvgIpc) is 2.20. The van der Waals surface area contributed by atoms with Crippen LogP contribution in [0.15, 0.2) is 18.2 Å². The van der Waals surface area contributed by atoms with E-state index in [4.69, 9.17) is 29.0 Å². The highest BCUT2D eigenvalue weighted by molar-refractivity contribution is 7.79. The van der Waals surface area contributed by atoms with Crippen molar-refractivity contribution < 1.29 is 17.5 Å². The maximum absolute atomic E-state index is 8.74. The number of hydrogen-bond acceptors (Lipinski definition) is 5. The van der Waals surface area contributed by atoms with Crippen LogP contribution in [0.2, 0.25) is 0 Å². The highest BCUT2D eigenvalue weighted by atomic mass is 32.3. The lowest BCUT2D eigenvalue weighted by molar-refractivity contribution is 0.381. The Kier molecular flexibility index (Phi) is 6.45. The minimum atomic E-state index is -4.67. The van der Waals surface area contributed by atoms with Crippen LogP contribution in [0.4, 0.5) is 17.1 Å². The summed E-state index contributed by atoms with van der Waals surface area (Å²) in [5, 5.41) is 0. The van der Waals surface area contributed by atoms with Gasteiger partial charge in [0.25, 0.3) is 0 Å². The van der Waals surface area contributed by atoms with Gasteiger partial charge in [0, 0.05) is 18.8 Å². The van der Waals surface area contributed by atoms with Crippen molar-refractivity contribution in [3.05, 3.63) is 18.2 Å². The molecule has 0 aliphatic carbocycles. The molecule has 0 aliphatic rings. The molecule has 0 aliphatic heterocycles. The molecule has 0 saturated carbocycles. The molecular formula is C10H19N3O4S. The van der Waals surface area contributed by atoms with Gasteiger partial charge in [0.15, 0.2) is 0 Å². The zero-order valence-corrected chi connectivity index (χ0v) is 11.2. The third-order valence-electron chi connectivity index (χ3n) is 2.16.